The Bertz CT molecular complexity index is 780. The number of likely N-dealkylation sites (tertiary alicyclic amines) is 3. The molecule has 3 atom stereocenters. The van der Waals surface area contributed by atoms with Gasteiger partial charge in [-0.1, -0.05) is 12.1 Å². The highest BCUT2D eigenvalue weighted by Gasteiger charge is 2.48. The lowest BCUT2D eigenvalue weighted by molar-refractivity contribution is -0.136. The van der Waals surface area contributed by atoms with E-state index < -0.39 is 0 Å². The van der Waals surface area contributed by atoms with Crippen LogP contribution < -0.4 is 4.74 Å². The molecule has 1 aromatic carbocycles. The monoisotopic (exact) mass is 450 g/mol. The molecule has 3 aliphatic heterocycles. The third-order valence-corrected chi connectivity index (χ3v) is 7.16. The fourth-order valence-electron chi connectivity index (χ4n) is 5.60. The van der Waals surface area contributed by atoms with E-state index in [2.05, 4.69) is 29.0 Å². The number of ether oxygens (including phenoxy) is 1. The van der Waals surface area contributed by atoms with Gasteiger partial charge in [0.2, 0.25) is 5.91 Å². The van der Waals surface area contributed by atoms with Crippen LogP contribution in [-0.4, -0.2) is 92.5 Å². The standard InChI is InChI=1S/C23H34N4O3.ClH/c1-24(2)23(29)26-11-9-17(10-12-26)22(28)27-14-18-13-25(3)21(20(18)15-27)16-5-7-19(30-4)8-6-16;/h5-8,17-18,20-21H,9-15H2,1-4H3;1H/t18-,20+,21+;/m0./s1. The number of hydrogen-bond donors (Lipinski definition) is 0. The highest BCUT2D eigenvalue weighted by atomic mass is 35.5. The molecule has 4 rings (SSSR count). The Labute approximate surface area is 191 Å². The molecule has 3 fully saturated rings. The fourth-order valence-corrected chi connectivity index (χ4v) is 5.60. The van der Waals surface area contributed by atoms with Gasteiger partial charge in [0.25, 0.3) is 0 Å². The van der Waals surface area contributed by atoms with E-state index >= 15 is 0 Å². The summed E-state index contributed by atoms with van der Waals surface area (Å²) in [5.74, 6) is 2.21. The zero-order chi connectivity index (χ0) is 21.4. The van der Waals surface area contributed by atoms with Crippen LogP contribution in [0.2, 0.25) is 0 Å². The molecule has 3 amide bonds. The Morgan fingerprint density at radius 1 is 1.00 bits per heavy atom. The van der Waals surface area contributed by atoms with Crippen LogP contribution in [0, 0.1) is 17.8 Å². The quantitative estimate of drug-likeness (QED) is 0.710. The molecule has 0 aromatic heterocycles. The summed E-state index contributed by atoms with van der Waals surface area (Å²) >= 11 is 0. The highest BCUT2D eigenvalue weighted by Crippen LogP contribution is 2.44. The van der Waals surface area contributed by atoms with Crippen molar-refractivity contribution >= 4 is 24.3 Å². The lowest BCUT2D eigenvalue weighted by Gasteiger charge is -2.35. The molecule has 31 heavy (non-hydrogen) atoms. The molecular formula is C23H35ClN4O3. The number of hydrogen-bond acceptors (Lipinski definition) is 4. The average molecular weight is 451 g/mol. The van der Waals surface area contributed by atoms with Crippen LogP contribution in [0.4, 0.5) is 4.79 Å². The third-order valence-electron chi connectivity index (χ3n) is 7.16. The van der Waals surface area contributed by atoms with Gasteiger partial charge >= 0.3 is 6.03 Å². The minimum absolute atomic E-state index is 0. The second-order valence-corrected chi connectivity index (χ2v) is 9.26. The van der Waals surface area contributed by atoms with Crippen LogP contribution >= 0.6 is 12.4 Å². The summed E-state index contributed by atoms with van der Waals surface area (Å²) in [6.45, 7) is 4.07. The number of nitrogens with zero attached hydrogens (tertiary/aromatic N) is 4. The smallest absolute Gasteiger partial charge is 0.319 e. The van der Waals surface area contributed by atoms with Crippen LogP contribution in [0.1, 0.15) is 24.4 Å². The molecule has 0 unspecified atom stereocenters. The molecule has 3 heterocycles. The maximum Gasteiger partial charge on any atom is 0.319 e. The first kappa shape index (κ1) is 23.7. The van der Waals surface area contributed by atoms with E-state index in [4.69, 9.17) is 4.74 Å². The van der Waals surface area contributed by atoms with Crippen LogP contribution in [0.25, 0.3) is 0 Å². The number of fused-ring (bicyclic) bond motifs is 1. The first-order valence-corrected chi connectivity index (χ1v) is 11.0. The van der Waals surface area contributed by atoms with E-state index in [0.717, 1.165) is 38.2 Å². The minimum Gasteiger partial charge on any atom is -0.497 e. The molecule has 0 N–H and O–H groups in total. The number of carbonyl (C=O) groups excluding carboxylic acids is 2. The Hall–Kier alpha value is -1.99. The summed E-state index contributed by atoms with van der Waals surface area (Å²) in [7, 11) is 7.43. The average Bonchev–Trinajstić information content (AvgIpc) is 3.29. The van der Waals surface area contributed by atoms with E-state index in [0.29, 0.717) is 31.0 Å². The maximum absolute atomic E-state index is 13.2. The summed E-state index contributed by atoms with van der Waals surface area (Å²) in [5, 5.41) is 0. The molecule has 172 valence electrons. The zero-order valence-electron chi connectivity index (χ0n) is 19.0. The van der Waals surface area contributed by atoms with Gasteiger partial charge in [-0.15, -0.1) is 12.4 Å². The van der Waals surface area contributed by atoms with Crippen molar-refractivity contribution in [1.82, 2.24) is 19.6 Å². The van der Waals surface area contributed by atoms with Gasteiger partial charge in [0.1, 0.15) is 5.75 Å². The lowest BCUT2D eigenvalue weighted by Crippen LogP contribution is -2.47. The summed E-state index contributed by atoms with van der Waals surface area (Å²) in [6, 6.07) is 8.75. The molecule has 0 bridgehead atoms. The number of methoxy groups -OCH3 is 1. The van der Waals surface area contributed by atoms with Crippen molar-refractivity contribution in [3.63, 3.8) is 0 Å². The number of rotatable bonds is 3. The van der Waals surface area contributed by atoms with Crippen LogP contribution in [0.15, 0.2) is 24.3 Å². The van der Waals surface area contributed by atoms with Crippen LogP contribution in [0.5, 0.6) is 5.75 Å². The third kappa shape index (κ3) is 4.62. The molecule has 8 heteroatoms. The van der Waals surface area contributed by atoms with Crippen molar-refractivity contribution in [2.45, 2.75) is 18.9 Å². The lowest BCUT2D eigenvalue weighted by atomic mass is 9.89. The van der Waals surface area contributed by atoms with Gasteiger partial charge in [0, 0.05) is 64.7 Å². The second-order valence-electron chi connectivity index (χ2n) is 9.26. The molecule has 7 nitrogen and oxygen atoms in total. The van der Waals surface area contributed by atoms with Gasteiger partial charge in [-0.25, -0.2) is 4.79 Å². The number of amides is 3. The molecule has 0 radical (unpaired) electrons. The van der Waals surface area contributed by atoms with Crippen molar-refractivity contribution in [1.29, 1.82) is 0 Å². The number of benzene rings is 1. The molecular weight excluding hydrogens is 416 g/mol. The van der Waals surface area contributed by atoms with Gasteiger partial charge in [-0.3, -0.25) is 9.69 Å². The van der Waals surface area contributed by atoms with Crippen molar-refractivity contribution in [2.75, 3.05) is 61.0 Å². The zero-order valence-corrected chi connectivity index (χ0v) is 19.8. The number of piperidine rings is 1. The van der Waals surface area contributed by atoms with E-state index in [1.54, 1.807) is 26.1 Å². The Morgan fingerprint density at radius 2 is 1.65 bits per heavy atom. The van der Waals surface area contributed by atoms with Gasteiger partial charge in [0.05, 0.1) is 7.11 Å². The summed E-state index contributed by atoms with van der Waals surface area (Å²) in [4.78, 5) is 33.4. The van der Waals surface area contributed by atoms with Gasteiger partial charge in [0.15, 0.2) is 0 Å². The molecule has 3 saturated heterocycles. The number of halogens is 1. The van der Waals surface area contributed by atoms with Crippen molar-refractivity contribution in [2.24, 2.45) is 17.8 Å². The van der Waals surface area contributed by atoms with Crippen LogP contribution in [0.3, 0.4) is 0 Å². The van der Waals surface area contributed by atoms with Gasteiger partial charge in [-0.05, 0) is 43.5 Å². The fraction of sp³-hybridized carbons (Fsp3) is 0.652. The first-order valence-electron chi connectivity index (χ1n) is 11.0. The van der Waals surface area contributed by atoms with Crippen LogP contribution in [-0.2, 0) is 4.79 Å². The van der Waals surface area contributed by atoms with Gasteiger partial charge in [-0.2, -0.15) is 0 Å². The SMILES string of the molecule is COc1ccc([C@@H]2[C@@H]3CN(C(=O)C4CCN(C(=O)N(C)C)CC4)C[C@@H]3CN2C)cc1.Cl. The number of urea groups is 1. The van der Waals surface area contributed by atoms with Crippen molar-refractivity contribution in [3.05, 3.63) is 29.8 Å². The molecule has 3 aliphatic rings. The van der Waals surface area contributed by atoms with E-state index in [1.807, 2.05) is 17.0 Å². The molecule has 0 aliphatic carbocycles. The Kier molecular flexibility index (Phi) is 7.37. The van der Waals surface area contributed by atoms with Gasteiger partial charge < -0.3 is 19.4 Å². The van der Waals surface area contributed by atoms with Crippen molar-refractivity contribution < 1.29 is 14.3 Å². The largest absolute Gasteiger partial charge is 0.497 e. The van der Waals surface area contributed by atoms with E-state index in [9.17, 15) is 9.59 Å². The predicted molar refractivity (Wildman–Crippen MR) is 123 cm³/mol. The maximum atomic E-state index is 13.2. The Morgan fingerprint density at radius 3 is 2.23 bits per heavy atom. The highest BCUT2D eigenvalue weighted by molar-refractivity contribution is 5.85. The van der Waals surface area contributed by atoms with E-state index in [-0.39, 0.29) is 30.3 Å². The minimum atomic E-state index is 0. The summed E-state index contributed by atoms with van der Waals surface area (Å²) in [6.07, 6.45) is 1.54. The number of carbonyl (C=O) groups is 2. The molecule has 0 saturated carbocycles. The molecule has 1 aromatic rings. The summed E-state index contributed by atoms with van der Waals surface area (Å²) < 4.78 is 5.30. The molecule has 0 spiro atoms. The normalized spacial score (nSPS) is 26.4. The second kappa shape index (κ2) is 9.65. The topological polar surface area (TPSA) is 56.3 Å². The Balaban J connectivity index is 0.00000272. The summed E-state index contributed by atoms with van der Waals surface area (Å²) in [5.41, 5.74) is 1.30. The predicted octanol–water partition coefficient (Wildman–Crippen LogP) is 2.57. The first-order chi connectivity index (χ1) is 14.4. The van der Waals surface area contributed by atoms with Crippen molar-refractivity contribution in [3.8, 4) is 5.75 Å². The van der Waals surface area contributed by atoms with E-state index in [1.165, 1.54) is 5.56 Å².